The summed E-state index contributed by atoms with van der Waals surface area (Å²) in [6, 6.07) is 9.94. The Bertz CT molecular complexity index is 717. The predicted molar refractivity (Wildman–Crippen MR) is 107 cm³/mol. The Labute approximate surface area is 171 Å². The van der Waals surface area contributed by atoms with Gasteiger partial charge in [0, 0.05) is 19.1 Å². The van der Waals surface area contributed by atoms with Gasteiger partial charge < -0.3 is 20.1 Å². The van der Waals surface area contributed by atoms with E-state index in [-0.39, 0.29) is 30.6 Å². The van der Waals surface area contributed by atoms with Gasteiger partial charge in [-0.15, -0.1) is 17.5 Å². The lowest BCUT2D eigenvalue weighted by atomic mass is 10.1. The Balaban J connectivity index is 0.00000280. The van der Waals surface area contributed by atoms with Crippen molar-refractivity contribution in [2.24, 2.45) is 5.73 Å². The van der Waals surface area contributed by atoms with Crippen molar-refractivity contribution in [1.82, 2.24) is 19.9 Å². The van der Waals surface area contributed by atoms with Gasteiger partial charge >= 0.3 is 6.09 Å². The Hall–Kier alpha value is -2.16. The molecule has 28 heavy (non-hydrogen) atoms. The molecule has 2 heterocycles. The number of hydrogen-bond donors (Lipinski definition) is 1. The molecule has 0 bridgehead atoms. The van der Waals surface area contributed by atoms with Crippen LogP contribution >= 0.6 is 12.4 Å². The Morgan fingerprint density at radius 1 is 1.25 bits per heavy atom. The summed E-state index contributed by atoms with van der Waals surface area (Å²) in [5.41, 5.74) is 7.44. The van der Waals surface area contributed by atoms with Crippen molar-refractivity contribution in [2.75, 3.05) is 19.7 Å². The zero-order valence-electron chi connectivity index (χ0n) is 16.1. The molecular weight excluding hydrogens is 382 g/mol. The highest BCUT2D eigenvalue weighted by atomic mass is 35.5. The van der Waals surface area contributed by atoms with E-state index in [1.54, 1.807) is 4.90 Å². The van der Waals surface area contributed by atoms with Crippen molar-refractivity contribution in [3.8, 4) is 0 Å². The van der Waals surface area contributed by atoms with Gasteiger partial charge in [0.1, 0.15) is 12.3 Å². The third-order valence-corrected chi connectivity index (χ3v) is 4.49. The van der Waals surface area contributed by atoms with Crippen molar-refractivity contribution in [1.29, 1.82) is 0 Å². The van der Waals surface area contributed by atoms with E-state index < -0.39 is 0 Å². The van der Waals surface area contributed by atoms with Gasteiger partial charge in [-0.3, -0.25) is 0 Å². The summed E-state index contributed by atoms with van der Waals surface area (Å²) in [6.45, 7) is 4.40. The Kier molecular flexibility index (Phi) is 8.69. The van der Waals surface area contributed by atoms with Crippen LogP contribution in [0, 0.1) is 0 Å². The number of hydrogen-bond acceptors (Lipinski definition) is 6. The first-order valence-electron chi connectivity index (χ1n) is 9.31. The van der Waals surface area contributed by atoms with Gasteiger partial charge in [0.15, 0.2) is 0 Å². The SMILES string of the molecule is CC(N)COCc1cn(C2CCN(C(=O)OCc3ccccc3)CC2)nn1.Cl. The molecule has 0 aliphatic carbocycles. The molecule has 1 aliphatic heterocycles. The minimum Gasteiger partial charge on any atom is -0.445 e. The molecule has 1 unspecified atom stereocenters. The molecule has 1 saturated heterocycles. The molecule has 0 spiro atoms. The molecule has 2 N–H and O–H groups in total. The molecule has 1 fully saturated rings. The topological polar surface area (TPSA) is 95.5 Å². The highest BCUT2D eigenvalue weighted by Gasteiger charge is 2.25. The maximum Gasteiger partial charge on any atom is 0.410 e. The largest absolute Gasteiger partial charge is 0.445 e. The fraction of sp³-hybridized carbons (Fsp3) is 0.526. The number of nitrogens with two attached hydrogens (primary N) is 1. The summed E-state index contributed by atoms with van der Waals surface area (Å²) in [5.74, 6) is 0. The van der Waals surface area contributed by atoms with Crippen molar-refractivity contribution in [3.63, 3.8) is 0 Å². The lowest BCUT2D eigenvalue weighted by Crippen LogP contribution is -2.39. The number of ether oxygens (including phenoxy) is 2. The average molecular weight is 410 g/mol. The van der Waals surface area contributed by atoms with E-state index in [0.717, 1.165) is 24.1 Å². The molecule has 0 radical (unpaired) electrons. The molecule has 1 aliphatic rings. The van der Waals surface area contributed by atoms with Crippen LogP contribution in [0.1, 0.15) is 37.1 Å². The third-order valence-electron chi connectivity index (χ3n) is 4.49. The summed E-state index contributed by atoms with van der Waals surface area (Å²) < 4.78 is 12.8. The predicted octanol–water partition coefficient (Wildman–Crippen LogP) is 2.54. The van der Waals surface area contributed by atoms with Crippen LogP contribution in [0.2, 0.25) is 0 Å². The molecule has 1 aromatic carbocycles. The van der Waals surface area contributed by atoms with E-state index in [0.29, 0.717) is 32.9 Å². The second kappa shape index (κ2) is 11.0. The van der Waals surface area contributed by atoms with E-state index in [1.165, 1.54) is 0 Å². The standard InChI is InChI=1S/C19H27N5O3.ClH/c1-15(20)12-26-14-17-11-24(22-21-17)18-7-9-23(10-8-18)19(25)27-13-16-5-3-2-4-6-16;/h2-6,11,15,18H,7-10,12-14,20H2,1H3;1H. The minimum absolute atomic E-state index is 0. The summed E-state index contributed by atoms with van der Waals surface area (Å²) in [6.07, 6.45) is 3.30. The van der Waals surface area contributed by atoms with Crippen LogP contribution in [-0.4, -0.2) is 51.7 Å². The van der Waals surface area contributed by atoms with E-state index in [4.69, 9.17) is 15.2 Å². The highest BCUT2D eigenvalue weighted by Crippen LogP contribution is 2.22. The molecule has 2 aromatic rings. The first kappa shape index (κ1) is 22.1. The quantitative estimate of drug-likeness (QED) is 0.754. The number of carbonyl (C=O) groups excluding carboxylic acids is 1. The lowest BCUT2D eigenvalue weighted by molar-refractivity contribution is 0.0819. The van der Waals surface area contributed by atoms with Gasteiger partial charge in [-0.25, -0.2) is 9.48 Å². The molecule has 1 amide bonds. The number of benzene rings is 1. The maximum atomic E-state index is 12.2. The van der Waals surface area contributed by atoms with Crippen molar-refractivity contribution in [3.05, 3.63) is 47.8 Å². The summed E-state index contributed by atoms with van der Waals surface area (Å²) in [7, 11) is 0. The molecule has 3 rings (SSSR count). The fourth-order valence-electron chi connectivity index (χ4n) is 3.03. The summed E-state index contributed by atoms with van der Waals surface area (Å²) in [4.78, 5) is 14.0. The van der Waals surface area contributed by atoms with Crippen molar-refractivity contribution in [2.45, 2.75) is 45.1 Å². The number of amides is 1. The molecule has 1 aromatic heterocycles. The fourth-order valence-corrected chi connectivity index (χ4v) is 3.03. The first-order valence-corrected chi connectivity index (χ1v) is 9.31. The molecule has 8 nitrogen and oxygen atoms in total. The average Bonchev–Trinajstić information content (AvgIpc) is 3.16. The van der Waals surface area contributed by atoms with Crippen molar-refractivity contribution >= 4 is 18.5 Å². The van der Waals surface area contributed by atoms with Crippen LogP contribution in [0.4, 0.5) is 4.79 Å². The number of nitrogens with zero attached hydrogens (tertiary/aromatic N) is 4. The number of likely N-dealkylation sites (tertiary alicyclic amines) is 1. The van der Waals surface area contributed by atoms with E-state index >= 15 is 0 Å². The maximum absolute atomic E-state index is 12.2. The van der Waals surface area contributed by atoms with Crippen LogP contribution < -0.4 is 5.73 Å². The molecule has 154 valence electrons. The number of halogens is 1. The summed E-state index contributed by atoms with van der Waals surface area (Å²) in [5, 5.41) is 8.35. The van der Waals surface area contributed by atoms with Crippen LogP contribution in [0.15, 0.2) is 36.5 Å². The van der Waals surface area contributed by atoms with Crippen LogP contribution in [0.3, 0.4) is 0 Å². The summed E-state index contributed by atoms with van der Waals surface area (Å²) >= 11 is 0. The normalized spacial score (nSPS) is 15.7. The Morgan fingerprint density at radius 2 is 1.96 bits per heavy atom. The first-order chi connectivity index (χ1) is 13.1. The zero-order valence-corrected chi connectivity index (χ0v) is 16.9. The Morgan fingerprint density at radius 3 is 2.64 bits per heavy atom. The van der Waals surface area contributed by atoms with Gasteiger partial charge in [-0.2, -0.15) is 0 Å². The zero-order chi connectivity index (χ0) is 19.1. The van der Waals surface area contributed by atoms with Crippen molar-refractivity contribution < 1.29 is 14.3 Å². The van der Waals surface area contributed by atoms with Crippen LogP contribution in [0.25, 0.3) is 0 Å². The van der Waals surface area contributed by atoms with Gasteiger partial charge in [0.2, 0.25) is 0 Å². The highest BCUT2D eigenvalue weighted by molar-refractivity contribution is 5.85. The second-order valence-electron chi connectivity index (χ2n) is 6.94. The number of rotatable bonds is 7. The smallest absolute Gasteiger partial charge is 0.410 e. The van der Waals surface area contributed by atoms with E-state index in [1.807, 2.05) is 48.1 Å². The lowest BCUT2D eigenvalue weighted by Gasteiger charge is -2.31. The van der Waals surface area contributed by atoms with Gasteiger partial charge in [-0.1, -0.05) is 35.5 Å². The molecule has 1 atom stereocenters. The minimum atomic E-state index is -0.263. The van der Waals surface area contributed by atoms with Crippen LogP contribution in [0.5, 0.6) is 0 Å². The second-order valence-corrected chi connectivity index (χ2v) is 6.94. The number of piperidine rings is 1. The monoisotopic (exact) mass is 409 g/mol. The number of aromatic nitrogens is 3. The molecule has 0 saturated carbocycles. The van der Waals surface area contributed by atoms with Crippen LogP contribution in [-0.2, 0) is 22.7 Å². The van der Waals surface area contributed by atoms with Gasteiger partial charge in [0.05, 0.1) is 25.5 Å². The molecular formula is C19H28ClN5O3. The van der Waals surface area contributed by atoms with Gasteiger partial charge in [0.25, 0.3) is 0 Å². The van der Waals surface area contributed by atoms with E-state index in [2.05, 4.69) is 10.3 Å². The van der Waals surface area contributed by atoms with E-state index in [9.17, 15) is 4.79 Å². The number of carbonyl (C=O) groups is 1. The molecule has 9 heteroatoms. The van der Waals surface area contributed by atoms with Gasteiger partial charge in [-0.05, 0) is 25.3 Å². The third kappa shape index (κ3) is 6.47.